The minimum absolute atomic E-state index is 0.656. The number of hydrogen-bond donors (Lipinski definition) is 1. The first-order chi connectivity index (χ1) is 7.65. The molecule has 2 aromatic rings. The third kappa shape index (κ3) is 1.68. The van der Waals surface area contributed by atoms with Gasteiger partial charge in [0.1, 0.15) is 0 Å². The van der Waals surface area contributed by atoms with Gasteiger partial charge in [0.05, 0.1) is 11.4 Å². The highest BCUT2D eigenvalue weighted by molar-refractivity contribution is 5.51. The first-order valence-electron chi connectivity index (χ1n) is 5.53. The van der Waals surface area contributed by atoms with Crippen molar-refractivity contribution in [2.75, 3.05) is 5.73 Å². The summed E-state index contributed by atoms with van der Waals surface area (Å²) >= 11 is 0. The SMILES string of the molecule is CCc1cc(CC)n(-c2nn(C)cc2N)n1. The molecule has 2 N–H and O–H groups in total. The summed E-state index contributed by atoms with van der Waals surface area (Å²) in [5, 5.41) is 8.83. The number of nitrogen functional groups attached to an aromatic ring is 1. The third-order valence-electron chi connectivity index (χ3n) is 2.60. The van der Waals surface area contributed by atoms with Crippen LogP contribution in [-0.4, -0.2) is 19.6 Å². The van der Waals surface area contributed by atoms with Crippen molar-refractivity contribution in [1.29, 1.82) is 0 Å². The van der Waals surface area contributed by atoms with Gasteiger partial charge in [0.2, 0.25) is 0 Å². The van der Waals surface area contributed by atoms with Gasteiger partial charge in [-0.05, 0) is 18.9 Å². The molecule has 2 aromatic heterocycles. The molecule has 0 saturated carbocycles. The van der Waals surface area contributed by atoms with Crippen LogP contribution >= 0.6 is 0 Å². The predicted octanol–water partition coefficient (Wildman–Crippen LogP) is 1.31. The molecule has 0 bridgehead atoms. The Morgan fingerprint density at radius 2 is 2.00 bits per heavy atom. The van der Waals surface area contributed by atoms with Crippen LogP contribution in [-0.2, 0) is 19.9 Å². The van der Waals surface area contributed by atoms with Gasteiger partial charge in [0.25, 0.3) is 0 Å². The molecule has 86 valence electrons. The van der Waals surface area contributed by atoms with Crippen molar-refractivity contribution in [3.05, 3.63) is 23.7 Å². The molecule has 0 spiro atoms. The third-order valence-corrected chi connectivity index (χ3v) is 2.60. The lowest BCUT2D eigenvalue weighted by atomic mass is 10.2. The summed E-state index contributed by atoms with van der Waals surface area (Å²) < 4.78 is 3.55. The molecule has 0 atom stereocenters. The fourth-order valence-electron chi connectivity index (χ4n) is 1.74. The topological polar surface area (TPSA) is 61.7 Å². The summed E-state index contributed by atoms with van der Waals surface area (Å²) in [6.45, 7) is 4.19. The van der Waals surface area contributed by atoms with E-state index in [1.165, 1.54) is 0 Å². The van der Waals surface area contributed by atoms with Gasteiger partial charge in [-0.1, -0.05) is 13.8 Å². The Labute approximate surface area is 94.9 Å². The van der Waals surface area contributed by atoms with Crippen LogP contribution in [0.2, 0.25) is 0 Å². The summed E-state index contributed by atoms with van der Waals surface area (Å²) in [5.41, 5.74) is 8.77. The Morgan fingerprint density at radius 1 is 1.25 bits per heavy atom. The van der Waals surface area contributed by atoms with Crippen LogP contribution < -0.4 is 5.73 Å². The molecule has 5 heteroatoms. The second-order valence-corrected chi connectivity index (χ2v) is 3.83. The zero-order valence-corrected chi connectivity index (χ0v) is 9.94. The molecular formula is C11H17N5. The van der Waals surface area contributed by atoms with E-state index in [4.69, 9.17) is 5.73 Å². The van der Waals surface area contributed by atoms with Gasteiger partial charge < -0.3 is 5.73 Å². The van der Waals surface area contributed by atoms with Crippen LogP contribution in [0.25, 0.3) is 5.82 Å². The molecule has 0 radical (unpaired) electrons. The normalized spacial score (nSPS) is 10.9. The summed E-state index contributed by atoms with van der Waals surface area (Å²) in [7, 11) is 1.86. The Kier molecular flexibility index (Phi) is 2.68. The largest absolute Gasteiger partial charge is 0.394 e. The number of rotatable bonds is 3. The van der Waals surface area contributed by atoms with E-state index in [2.05, 4.69) is 30.1 Å². The van der Waals surface area contributed by atoms with E-state index in [1.54, 1.807) is 10.9 Å². The summed E-state index contributed by atoms with van der Waals surface area (Å²) in [5.74, 6) is 0.721. The van der Waals surface area contributed by atoms with Gasteiger partial charge in [-0.3, -0.25) is 4.68 Å². The summed E-state index contributed by atoms with van der Waals surface area (Å²) in [6.07, 6.45) is 3.64. The lowest BCUT2D eigenvalue weighted by Gasteiger charge is -2.02. The molecule has 2 rings (SSSR count). The number of nitrogens with zero attached hydrogens (tertiary/aromatic N) is 4. The molecule has 16 heavy (non-hydrogen) atoms. The van der Waals surface area contributed by atoms with Crippen LogP contribution in [0.4, 0.5) is 5.69 Å². The van der Waals surface area contributed by atoms with Crippen LogP contribution in [0.5, 0.6) is 0 Å². The maximum Gasteiger partial charge on any atom is 0.198 e. The molecular weight excluding hydrogens is 202 g/mol. The molecule has 0 amide bonds. The second-order valence-electron chi connectivity index (χ2n) is 3.83. The Morgan fingerprint density at radius 3 is 2.50 bits per heavy atom. The van der Waals surface area contributed by atoms with E-state index in [-0.39, 0.29) is 0 Å². The quantitative estimate of drug-likeness (QED) is 0.846. The van der Waals surface area contributed by atoms with E-state index < -0.39 is 0 Å². The van der Waals surface area contributed by atoms with E-state index >= 15 is 0 Å². The zero-order valence-electron chi connectivity index (χ0n) is 9.94. The molecule has 0 aliphatic heterocycles. The van der Waals surface area contributed by atoms with Crippen LogP contribution in [0.3, 0.4) is 0 Å². The standard InChI is InChI=1S/C11H17N5/c1-4-8-6-9(5-2)16(13-8)11-10(12)7-15(3)14-11/h6-7H,4-5,12H2,1-3H3. The number of aromatic nitrogens is 4. The smallest absolute Gasteiger partial charge is 0.198 e. The fraction of sp³-hybridized carbons (Fsp3) is 0.455. The maximum atomic E-state index is 5.90. The van der Waals surface area contributed by atoms with E-state index in [0.717, 1.165) is 30.0 Å². The summed E-state index contributed by atoms with van der Waals surface area (Å²) in [6, 6.07) is 2.11. The molecule has 0 saturated heterocycles. The average molecular weight is 219 g/mol. The molecule has 0 unspecified atom stereocenters. The molecule has 0 aliphatic carbocycles. The number of hydrogen-bond acceptors (Lipinski definition) is 3. The fourth-order valence-corrected chi connectivity index (χ4v) is 1.74. The van der Waals surface area contributed by atoms with Gasteiger partial charge in [-0.2, -0.15) is 10.2 Å². The van der Waals surface area contributed by atoms with Crippen molar-refractivity contribution >= 4 is 5.69 Å². The van der Waals surface area contributed by atoms with Crippen molar-refractivity contribution in [2.24, 2.45) is 7.05 Å². The van der Waals surface area contributed by atoms with Crippen LogP contribution in [0.1, 0.15) is 25.2 Å². The van der Waals surface area contributed by atoms with E-state index in [0.29, 0.717) is 5.69 Å². The van der Waals surface area contributed by atoms with Gasteiger partial charge in [0, 0.05) is 18.9 Å². The Bertz CT molecular complexity index is 494. The monoisotopic (exact) mass is 219 g/mol. The molecule has 5 nitrogen and oxygen atoms in total. The maximum absolute atomic E-state index is 5.90. The Balaban J connectivity index is 2.54. The van der Waals surface area contributed by atoms with Crippen molar-refractivity contribution in [3.8, 4) is 5.82 Å². The highest BCUT2D eigenvalue weighted by Gasteiger charge is 2.12. The first kappa shape index (κ1) is 10.7. The van der Waals surface area contributed by atoms with Crippen molar-refractivity contribution in [1.82, 2.24) is 19.6 Å². The van der Waals surface area contributed by atoms with Crippen molar-refractivity contribution in [2.45, 2.75) is 26.7 Å². The molecule has 0 fully saturated rings. The van der Waals surface area contributed by atoms with Gasteiger partial charge in [0.15, 0.2) is 5.82 Å². The molecule has 0 aromatic carbocycles. The van der Waals surface area contributed by atoms with E-state index in [1.807, 2.05) is 11.7 Å². The number of anilines is 1. The van der Waals surface area contributed by atoms with Crippen molar-refractivity contribution < 1.29 is 0 Å². The van der Waals surface area contributed by atoms with Gasteiger partial charge in [-0.15, -0.1) is 0 Å². The Hall–Kier alpha value is -1.78. The predicted molar refractivity (Wildman–Crippen MR) is 63.5 cm³/mol. The minimum Gasteiger partial charge on any atom is -0.394 e. The molecule has 2 heterocycles. The highest BCUT2D eigenvalue weighted by Crippen LogP contribution is 2.17. The van der Waals surface area contributed by atoms with Gasteiger partial charge >= 0.3 is 0 Å². The highest BCUT2D eigenvalue weighted by atomic mass is 15.4. The number of nitrogens with two attached hydrogens (primary N) is 1. The summed E-state index contributed by atoms with van der Waals surface area (Å²) in [4.78, 5) is 0. The van der Waals surface area contributed by atoms with Crippen molar-refractivity contribution in [3.63, 3.8) is 0 Å². The minimum atomic E-state index is 0.656. The number of aryl methyl sites for hydroxylation is 3. The van der Waals surface area contributed by atoms with Crippen LogP contribution in [0.15, 0.2) is 12.3 Å². The van der Waals surface area contributed by atoms with Crippen LogP contribution in [0, 0.1) is 0 Å². The first-order valence-corrected chi connectivity index (χ1v) is 5.53. The van der Waals surface area contributed by atoms with Gasteiger partial charge in [-0.25, -0.2) is 4.68 Å². The lowest BCUT2D eigenvalue weighted by Crippen LogP contribution is -2.05. The molecule has 0 aliphatic rings. The van der Waals surface area contributed by atoms with E-state index in [9.17, 15) is 0 Å². The zero-order chi connectivity index (χ0) is 11.7. The average Bonchev–Trinajstić information content (AvgIpc) is 2.81. The second kappa shape index (κ2) is 4.00. The lowest BCUT2D eigenvalue weighted by molar-refractivity contribution is 0.711.